The summed E-state index contributed by atoms with van der Waals surface area (Å²) in [7, 11) is 0. The molecule has 1 atom stereocenters. The van der Waals surface area contributed by atoms with Crippen LogP contribution in [0.2, 0.25) is 0 Å². The first-order chi connectivity index (χ1) is 6.77. The van der Waals surface area contributed by atoms with E-state index in [1.807, 2.05) is 30.3 Å². The number of hydrogen-bond donors (Lipinski definition) is 0. The Labute approximate surface area is 92.0 Å². The molecule has 1 aromatic carbocycles. The zero-order valence-electron chi connectivity index (χ0n) is 7.74. The van der Waals surface area contributed by atoms with E-state index in [0.717, 1.165) is 22.9 Å². The summed E-state index contributed by atoms with van der Waals surface area (Å²) in [6.07, 6.45) is 5.61. The summed E-state index contributed by atoms with van der Waals surface area (Å²) in [5, 5.41) is 0. The number of rotatable bonds is 1. The Hall–Kier alpha value is -0.890. The molecule has 1 aliphatic carbocycles. The molecular weight excluding hydrogens is 240 g/mol. The predicted octanol–water partition coefficient (Wildman–Crippen LogP) is 3.45. The van der Waals surface area contributed by atoms with Crippen LogP contribution in [0.5, 0.6) is 0 Å². The van der Waals surface area contributed by atoms with Crippen LogP contribution in [0.25, 0.3) is 0 Å². The Morgan fingerprint density at radius 2 is 1.93 bits per heavy atom. The lowest BCUT2D eigenvalue weighted by atomic mass is 9.87. The molecule has 0 heterocycles. The van der Waals surface area contributed by atoms with E-state index in [9.17, 15) is 4.79 Å². The predicted molar refractivity (Wildman–Crippen MR) is 60.3 cm³/mol. The molecule has 0 spiro atoms. The molecule has 0 saturated heterocycles. The highest BCUT2D eigenvalue weighted by Gasteiger charge is 2.19. The number of hydrogen-bond acceptors (Lipinski definition) is 1. The number of carbonyl (C=O) groups excluding carboxylic acids is 1. The second-order valence-corrected chi connectivity index (χ2v) is 4.40. The Morgan fingerprint density at radius 1 is 1.21 bits per heavy atom. The average Bonchev–Trinajstić information content (AvgIpc) is 2.20. The number of ketones is 1. The summed E-state index contributed by atoms with van der Waals surface area (Å²) in [6.45, 7) is 0. The van der Waals surface area contributed by atoms with Crippen LogP contribution < -0.4 is 0 Å². The maximum absolute atomic E-state index is 11.6. The smallest absolute Gasteiger partial charge is 0.162 e. The molecule has 0 aliphatic heterocycles. The summed E-state index contributed by atoms with van der Waals surface area (Å²) in [5.74, 6) is 0.312. The molecule has 1 aromatic rings. The topological polar surface area (TPSA) is 17.1 Å². The first-order valence-electron chi connectivity index (χ1n) is 4.73. The van der Waals surface area contributed by atoms with Crippen LogP contribution in [0, 0.1) is 0 Å². The van der Waals surface area contributed by atoms with Crippen LogP contribution in [0.1, 0.15) is 24.3 Å². The van der Waals surface area contributed by atoms with Gasteiger partial charge in [-0.2, -0.15) is 0 Å². The second-order valence-electron chi connectivity index (χ2n) is 3.49. The molecule has 0 aromatic heterocycles. The highest BCUT2D eigenvalue weighted by molar-refractivity contribution is 9.10. The van der Waals surface area contributed by atoms with Gasteiger partial charge in [0.25, 0.3) is 0 Å². The highest BCUT2D eigenvalue weighted by Crippen LogP contribution is 2.27. The molecule has 0 fully saturated rings. The van der Waals surface area contributed by atoms with Gasteiger partial charge in [0.1, 0.15) is 0 Å². The van der Waals surface area contributed by atoms with Gasteiger partial charge in [-0.25, -0.2) is 0 Å². The standard InChI is InChI=1S/C12H11BrO/c13-10-7-5-9(6-8-10)11-3-1-2-4-12(11)14/h2,4-8,11H,1,3H2. The van der Waals surface area contributed by atoms with Crippen LogP contribution in [-0.2, 0) is 4.79 Å². The minimum atomic E-state index is 0.0769. The molecule has 1 nitrogen and oxygen atoms in total. The maximum atomic E-state index is 11.6. The van der Waals surface area contributed by atoms with Crippen LogP contribution in [-0.4, -0.2) is 5.78 Å². The van der Waals surface area contributed by atoms with Gasteiger partial charge in [-0.1, -0.05) is 34.1 Å². The minimum Gasteiger partial charge on any atom is -0.294 e. The molecule has 0 radical (unpaired) electrons. The molecule has 0 N–H and O–H groups in total. The van der Waals surface area contributed by atoms with Gasteiger partial charge in [-0.15, -0.1) is 0 Å². The Morgan fingerprint density at radius 3 is 2.57 bits per heavy atom. The number of halogens is 1. The zero-order chi connectivity index (χ0) is 9.97. The van der Waals surface area contributed by atoms with Crippen molar-refractivity contribution in [2.45, 2.75) is 18.8 Å². The van der Waals surface area contributed by atoms with Crippen molar-refractivity contribution in [3.05, 3.63) is 46.5 Å². The van der Waals surface area contributed by atoms with Gasteiger partial charge >= 0.3 is 0 Å². The summed E-state index contributed by atoms with van der Waals surface area (Å²) >= 11 is 3.39. The van der Waals surface area contributed by atoms with Crippen LogP contribution in [0.4, 0.5) is 0 Å². The van der Waals surface area contributed by atoms with Gasteiger partial charge in [0.15, 0.2) is 5.78 Å². The van der Waals surface area contributed by atoms with Crippen molar-refractivity contribution in [3.8, 4) is 0 Å². The minimum absolute atomic E-state index is 0.0769. The van der Waals surface area contributed by atoms with Crippen molar-refractivity contribution >= 4 is 21.7 Å². The fourth-order valence-corrected chi connectivity index (χ4v) is 2.01. The van der Waals surface area contributed by atoms with Crippen LogP contribution >= 0.6 is 15.9 Å². The van der Waals surface area contributed by atoms with E-state index in [0.29, 0.717) is 0 Å². The Balaban J connectivity index is 2.26. The molecular formula is C12H11BrO. The lowest BCUT2D eigenvalue weighted by molar-refractivity contribution is -0.116. The average molecular weight is 251 g/mol. The third-order valence-corrected chi connectivity index (χ3v) is 3.05. The van der Waals surface area contributed by atoms with Crippen LogP contribution in [0.3, 0.4) is 0 Å². The molecule has 14 heavy (non-hydrogen) atoms. The molecule has 72 valence electrons. The number of allylic oxidation sites excluding steroid dienone is 2. The van der Waals surface area contributed by atoms with E-state index in [1.54, 1.807) is 6.08 Å². The quantitative estimate of drug-likeness (QED) is 0.747. The third kappa shape index (κ3) is 1.95. The normalized spacial score (nSPS) is 21.2. The van der Waals surface area contributed by atoms with Crippen molar-refractivity contribution in [2.24, 2.45) is 0 Å². The van der Waals surface area contributed by atoms with Crippen molar-refractivity contribution in [1.29, 1.82) is 0 Å². The molecule has 0 saturated carbocycles. The van der Waals surface area contributed by atoms with Gasteiger partial charge in [-0.05, 0) is 36.6 Å². The maximum Gasteiger partial charge on any atom is 0.162 e. The van der Waals surface area contributed by atoms with Gasteiger partial charge in [-0.3, -0.25) is 4.79 Å². The summed E-state index contributed by atoms with van der Waals surface area (Å²) in [4.78, 5) is 11.6. The van der Waals surface area contributed by atoms with Crippen LogP contribution in [0.15, 0.2) is 40.9 Å². The molecule has 0 amide bonds. The molecule has 2 heteroatoms. The largest absolute Gasteiger partial charge is 0.294 e. The van der Waals surface area contributed by atoms with Crippen molar-refractivity contribution in [3.63, 3.8) is 0 Å². The van der Waals surface area contributed by atoms with E-state index in [2.05, 4.69) is 15.9 Å². The monoisotopic (exact) mass is 250 g/mol. The van der Waals surface area contributed by atoms with Gasteiger partial charge in [0.2, 0.25) is 0 Å². The fourth-order valence-electron chi connectivity index (χ4n) is 1.75. The van der Waals surface area contributed by atoms with Crippen molar-refractivity contribution in [2.75, 3.05) is 0 Å². The summed E-state index contributed by atoms with van der Waals surface area (Å²) in [6, 6.07) is 8.01. The first-order valence-corrected chi connectivity index (χ1v) is 5.52. The molecule has 2 rings (SSSR count). The van der Waals surface area contributed by atoms with Crippen molar-refractivity contribution in [1.82, 2.24) is 0 Å². The van der Waals surface area contributed by atoms with E-state index in [4.69, 9.17) is 0 Å². The van der Waals surface area contributed by atoms with E-state index in [1.165, 1.54) is 0 Å². The number of benzene rings is 1. The first kappa shape index (κ1) is 9.66. The highest BCUT2D eigenvalue weighted by atomic mass is 79.9. The SMILES string of the molecule is O=C1C=CCCC1c1ccc(Br)cc1. The van der Waals surface area contributed by atoms with Gasteiger partial charge in [0.05, 0.1) is 0 Å². The Bertz CT molecular complexity index is 364. The third-order valence-electron chi connectivity index (χ3n) is 2.52. The summed E-state index contributed by atoms with van der Waals surface area (Å²) < 4.78 is 1.06. The molecule has 0 bridgehead atoms. The Kier molecular flexibility index (Phi) is 2.82. The van der Waals surface area contributed by atoms with Crippen molar-refractivity contribution < 1.29 is 4.79 Å². The zero-order valence-corrected chi connectivity index (χ0v) is 9.33. The summed E-state index contributed by atoms with van der Waals surface area (Å²) in [5.41, 5.74) is 1.13. The van der Waals surface area contributed by atoms with E-state index >= 15 is 0 Å². The molecule has 1 aliphatic rings. The fraction of sp³-hybridized carbons (Fsp3) is 0.250. The van der Waals surface area contributed by atoms with Gasteiger partial charge < -0.3 is 0 Å². The lowest BCUT2D eigenvalue weighted by Crippen LogP contribution is -2.12. The second kappa shape index (κ2) is 4.09. The van der Waals surface area contributed by atoms with E-state index < -0.39 is 0 Å². The number of carbonyl (C=O) groups is 1. The molecule has 1 unspecified atom stereocenters. The lowest BCUT2D eigenvalue weighted by Gasteiger charge is -2.16. The van der Waals surface area contributed by atoms with Gasteiger partial charge in [0, 0.05) is 10.4 Å². The van der Waals surface area contributed by atoms with E-state index in [-0.39, 0.29) is 11.7 Å².